The molecule has 1 saturated carbocycles. The Kier molecular flexibility index (Phi) is 4.10. The van der Waals surface area contributed by atoms with Crippen molar-refractivity contribution >= 4 is 5.91 Å². The van der Waals surface area contributed by atoms with Crippen molar-refractivity contribution in [3.63, 3.8) is 0 Å². The molecule has 4 N–H and O–H groups in total. The number of hydrogen-bond donors (Lipinski definition) is 3. The van der Waals surface area contributed by atoms with Gasteiger partial charge in [0.15, 0.2) is 0 Å². The van der Waals surface area contributed by atoms with E-state index in [0.717, 1.165) is 37.9 Å². The van der Waals surface area contributed by atoms with Gasteiger partial charge in [0.05, 0.1) is 0 Å². The normalized spacial score (nSPS) is 17.9. The Labute approximate surface area is 114 Å². The lowest BCUT2D eigenvalue weighted by atomic mass is 9.80. The number of carbonyl (C=O) groups excluding carboxylic acids is 1. The smallest absolute Gasteiger partial charge is 0.221 e. The van der Waals surface area contributed by atoms with Gasteiger partial charge in [-0.15, -0.1) is 0 Å². The van der Waals surface area contributed by atoms with E-state index in [4.69, 9.17) is 5.73 Å². The molecule has 1 aromatic carbocycles. The third-order valence-corrected chi connectivity index (χ3v) is 4.10. The van der Waals surface area contributed by atoms with E-state index >= 15 is 0 Å². The average molecular weight is 262 g/mol. The van der Waals surface area contributed by atoms with E-state index in [-0.39, 0.29) is 23.0 Å². The Balaban J connectivity index is 2.15. The van der Waals surface area contributed by atoms with Gasteiger partial charge in [-0.05, 0) is 50.0 Å². The van der Waals surface area contributed by atoms with E-state index in [9.17, 15) is 9.90 Å². The van der Waals surface area contributed by atoms with Crippen LogP contribution in [0.5, 0.6) is 5.75 Å². The summed E-state index contributed by atoms with van der Waals surface area (Å²) in [6, 6.07) is 7.17. The molecule has 1 amide bonds. The van der Waals surface area contributed by atoms with Crippen LogP contribution in [0, 0.1) is 5.92 Å². The zero-order valence-corrected chi connectivity index (χ0v) is 11.4. The van der Waals surface area contributed by atoms with Crippen LogP contribution >= 0.6 is 0 Å². The number of phenolic OH excluding ortho intramolecular Hbond substituents is 1. The van der Waals surface area contributed by atoms with Crippen LogP contribution in [0.25, 0.3) is 0 Å². The highest BCUT2D eigenvalue weighted by atomic mass is 16.3. The maximum atomic E-state index is 11.8. The Morgan fingerprint density at radius 2 is 2.05 bits per heavy atom. The summed E-state index contributed by atoms with van der Waals surface area (Å²) in [6.45, 7) is 3.76. The lowest BCUT2D eigenvalue weighted by molar-refractivity contribution is -0.123. The van der Waals surface area contributed by atoms with E-state index in [1.807, 2.05) is 19.1 Å². The molecule has 0 spiro atoms. The molecule has 0 aromatic heterocycles. The number of amides is 1. The molecular weight excluding hydrogens is 240 g/mol. The first-order valence-corrected chi connectivity index (χ1v) is 6.89. The number of primary amides is 1. The average Bonchev–Trinajstić information content (AvgIpc) is 3.16. The van der Waals surface area contributed by atoms with Gasteiger partial charge in [-0.3, -0.25) is 4.79 Å². The van der Waals surface area contributed by atoms with Crippen LogP contribution < -0.4 is 11.1 Å². The number of benzene rings is 1. The first-order valence-electron chi connectivity index (χ1n) is 6.89. The number of carbonyl (C=O) groups is 1. The van der Waals surface area contributed by atoms with Crippen molar-refractivity contribution in [2.75, 3.05) is 13.1 Å². The number of phenols is 1. The molecule has 0 aliphatic heterocycles. The minimum absolute atomic E-state index is 0.102. The Morgan fingerprint density at radius 1 is 1.42 bits per heavy atom. The van der Waals surface area contributed by atoms with Crippen LogP contribution in [-0.2, 0) is 10.2 Å². The molecule has 1 unspecified atom stereocenters. The van der Waals surface area contributed by atoms with E-state index in [1.165, 1.54) is 0 Å². The SMILES string of the molecule is CCNCCC(C(N)=O)C1(c2ccc(O)cc2)CC1. The first-order chi connectivity index (χ1) is 9.10. The van der Waals surface area contributed by atoms with Gasteiger partial charge in [0.2, 0.25) is 5.91 Å². The highest BCUT2D eigenvalue weighted by molar-refractivity contribution is 5.79. The van der Waals surface area contributed by atoms with E-state index in [2.05, 4.69) is 5.32 Å². The number of rotatable bonds is 7. The predicted molar refractivity (Wildman–Crippen MR) is 74.9 cm³/mol. The highest BCUT2D eigenvalue weighted by Gasteiger charge is 2.52. The maximum Gasteiger partial charge on any atom is 0.221 e. The number of aromatic hydroxyl groups is 1. The van der Waals surface area contributed by atoms with Gasteiger partial charge in [-0.1, -0.05) is 19.1 Å². The molecule has 1 aliphatic carbocycles. The fraction of sp³-hybridized carbons (Fsp3) is 0.533. The molecule has 4 heteroatoms. The molecule has 0 bridgehead atoms. The standard InChI is InChI=1S/C15H22N2O2/c1-2-17-10-7-13(14(16)19)15(8-9-15)11-3-5-12(18)6-4-11/h3-6,13,17-18H,2,7-10H2,1H3,(H2,16,19). The Bertz CT molecular complexity index is 438. The molecule has 1 atom stereocenters. The fourth-order valence-corrected chi connectivity index (χ4v) is 2.88. The van der Waals surface area contributed by atoms with Crippen LogP contribution in [0.1, 0.15) is 31.7 Å². The molecule has 0 radical (unpaired) electrons. The molecule has 104 valence electrons. The van der Waals surface area contributed by atoms with Gasteiger partial charge in [0.25, 0.3) is 0 Å². The van der Waals surface area contributed by atoms with E-state index in [1.54, 1.807) is 12.1 Å². The van der Waals surface area contributed by atoms with Crippen LogP contribution in [0.2, 0.25) is 0 Å². The van der Waals surface area contributed by atoms with Crippen molar-refractivity contribution in [2.24, 2.45) is 11.7 Å². The van der Waals surface area contributed by atoms with Crippen molar-refractivity contribution in [3.05, 3.63) is 29.8 Å². The summed E-state index contributed by atoms with van der Waals surface area (Å²) in [4.78, 5) is 11.8. The van der Waals surface area contributed by atoms with Gasteiger partial charge < -0.3 is 16.2 Å². The van der Waals surface area contributed by atoms with Crippen LogP contribution in [0.15, 0.2) is 24.3 Å². The summed E-state index contributed by atoms with van der Waals surface area (Å²) >= 11 is 0. The van der Waals surface area contributed by atoms with E-state index < -0.39 is 0 Å². The van der Waals surface area contributed by atoms with Gasteiger partial charge in [0.1, 0.15) is 5.75 Å². The minimum atomic E-state index is -0.219. The van der Waals surface area contributed by atoms with Crippen molar-refractivity contribution in [3.8, 4) is 5.75 Å². The van der Waals surface area contributed by atoms with Crippen molar-refractivity contribution in [1.82, 2.24) is 5.32 Å². The molecule has 19 heavy (non-hydrogen) atoms. The summed E-state index contributed by atoms with van der Waals surface area (Å²) < 4.78 is 0. The van der Waals surface area contributed by atoms with Crippen LogP contribution in [0.4, 0.5) is 0 Å². The van der Waals surface area contributed by atoms with Crippen LogP contribution in [0.3, 0.4) is 0 Å². The second-order valence-corrected chi connectivity index (χ2v) is 5.30. The zero-order valence-electron chi connectivity index (χ0n) is 11.4. The summed E-state index contributed by atoms with van der Waals surface area (Å²) in [6.07, 6.45) is 2.76. The molecule has 1 aromatic rings. The third-order valence-electron chi connectivity index (χ3n) is 4.10. The maximum absolute atomic E-state index is 11.8. The zero-order chi connectivity index (χ0) is 13.9. The lowest BCUT2D eigenvalue weighted by Gasteiger charge is -2.25. The quantitative estimate of drug-likeness (QED) is 0.652. The third kappa shape index (κ3) is 2.89. The fourth-order valence-electron chi connectivity index (χ4n) is 2.88. The highest BCUT2D eigenvalue weighted by Crippen LogP contribution is 2.55. The van der Waals surface area contributed by atoms with Gasteiger partial charge in [-0.2, -0.15) is 0 Å². The summed E-state index contributed by atoms with van der Waals surface area (Å²) in [7, 11) is 0. The first kappa shape index (κ1) is 13.9. The molecule has 1 aliphatic rings. The summed E-state index contributed by atoms with van der Waals surface area (Å²) in [5.74, 6) is -0.0950. The van der Waals surface area contributed by atoms with Gasteiger partial charge >= 0.3 is 0 Å². The van der Waals surface area contributed by atoms with Crippen molar-refractivity contribution in [1.29, 1.82) is 0 Å². The lowest BCUT2D eigenvalue weighted by Crippen LogP contribution is -2.36. The topological polar surface area (TPSA) is 75.3 Å². The summed E-state index contributed by atoms with van der Waals surface area (Å²) in [5, 5.41) is 12.6. The molecule has 0 saturated heterocycles. The number of nitrogens with one attached hydrogen (secondary N) is 1. The molecule has 1 fully saturated rings. The Morgan fingerprint density at radius 3 is 2.53 bits per heavy atom. The number of hydrogen-bond acceptors (Lipinski definition) is 3. The van der Waals surface area contributed by atoms with Gasteiger partial charge in [-0.25, -0.2) is 0 Å². The Hall–Kier alpha value is -1.55. The molecule has 2 rings (SSSR count). The largest absolute Gasteiger partial charge is 0.508 e. The minimum Gasteiger partial charge on any atom is -0.508 e. The second-order valence-electron chi connectivity index (χ2n) is 5.30. The van der Waals surface area contributed by atoms with Crippen molar-refractivity contribution in [2.45, 2.75) is 31.6 Å². The van der Waals surface area contributed by atoms with Crippen molar-refractivity contribution < 1.29 is 9.90 Å². The van der Waals surface area contributed by atoms with Crippen LogP contribution in [-0.4, -0.2) is 24.1 Å². The number of nitrogens with two attached hydrogens (primary N) is 1. The predicted octanol–water partition coefficient (Wildman–Crippen LogP) is 1.52. The molecule has 0 heterocycles. The monoisotopic (exact) mass is 262 g/mol. The van der Waals surface area contributed by atoms with E-state index in [0.29, 0.717) is 0 Å². The second kappa shape index (κ2) is 5.61. The summed E-state index contributed by atoms with van der Waals surface area (Å²) in [5.41, 5.74) is 6.61. The molecule has 4 nitrogen and oxygen atoms in total. The van der Waals surface area contributed by atoms with Gasteiger partial charge in [0, 0.05) is 11.3 Å². The molecular formula is C15H22N2O2.